The van der Waals surface area contributed by atoms with Crippen LogP contribution in [0.25, 0.3) is 0 Å². The normalized spacial score (nSPS) is 11.5. The summed E-state index contributed by atoms with van der Waals surface area (Å²) in [5, 5.41) is 14.1. The van der Waals surface area contributed by atoms with Crippen molar-refractivity contribution in [1.29, 1.82) is 0 Å². The third kappa shape index (κ3) is 9.46. The van der Waals surface area contributed by atoms with Crippen molar-refractivity contribution in [2.45, 2.75) is 59.7 Å². The zero-order chi connectivity index (χ0) is 22.9. The van der Waals surface area contributed by atoms with Gasteiger partial charge in [-0.3, -0.25) is 9.67 Å². The molecule has 2 rings (SSSR count). The summed E-state index contributed by atoms with van der Waals surface area (Å²) in [5.74, 6) is 0.715. The first-order valence-corrected chi connectivity index (χ1v) is 10.7. The number of nitrogens with one attached hydrogen (secondary N) is 3. The number of rotatable bonds is 8. The van der Waals surface area contributed by atoms with Crippen LogP contribution in [0.4, 0.5) is 4.79 Å². The second-order valence-corrected chi connectivity index (χ2v) is 8.43. The van der Waals surface area contributed by atoms with Gasteiger partial charge in [0.15, 0.2) is 5.96 Å². The fourth-order valence-electron chi connectivity index (χ4n) is 3.09. The number of benzene rings is 1. The van der Waals surface area contributed by atoms with E-state index in [4.69, 9.17) is 9.84 Å². The molecule has 0 aliphatic heterocycles. The summed E-state index contributed by atoms with van der Waals surface area (Å²) in [6, 6.07) is 10.3. The minimum atomic E-state index is -0.487. The van der Waals surface area contributed by atoms with Crippen molar-refractivity contribution in [3.63, 3.8) is 0 Å². The molecule has 0 saturated carbocycles. The maximum absolute atomic E-state index is 11.7. The standard InChI is InChI=1S/C23H36N6O2.HI/c1-17-20(18(2)29(28-17)16-19-11-8-7-9-12-19)15-27-21(24-6)25-13-10-14-26-22(30)31-23(3,4)5;/h7-9,11-12H,10,13-16H2,1-6H3,(H,26,30)(H2,24,25,27);1H. The van der Waals surface area contributed by atoms with E-state index in [9.17, 15) is 4.79 Å². The number of alkyl carbamates (subject to hydrolysis) is 1. The van der Waals surface area contributed by atoms with Crippen LogP contribution in [0, 0.1) is 13.8 Å². The van der Waals surface area contributed by atoms with Crippen LogP contribution in [0.15, 0.2) is 35.3 Å². The summed E-state index contributed by atoms with van der Waals surface area (Å²) in [6.07, 6.45) is 0.362. The predicted octanol–water partition coefficient (Wildman–Crippen LogP) is 3.75. The Hall–Kier alpha value is -2.30. The number of aromatic nitrogens is 2. The van der Waals surface area contributed by atoms with Crippen molar-refractivity contribution in [1.82, 2.24) is 25.7 Å². The highest BCUT2D eigenvalue weighted by Crippen LogP contribution is 2.14. The van der Waals surface area contributed by atoms with Crippen molar-refractivity contribution in [3.05, 3.63) is 52.8 Å². The molecule has 0 unspecified atom stereocenters. The molecule has 0 saturated heterocycles. The van der Waals surface area contributed by atoms with Crippen LogP contribution < -0.4 is 16.0 Å². The van der Waals surface area contributed by atoms with E-state index in [0.717, 1.165) is 24.4 Å². The Labute approximate surface area is 208 Å². The molecule has 1 amide bonds. The molecule has 0 atom stereocenters. The number of halogens is 1. The molecule has 0 radical (unpaired) electrons. The SMILES string of the molecule is CN=C(NCCCNC(=O)OC(C)(C)C)NCc1c(C)nn(Cc2ccccc2)c1C.I. The van der Waals surface area contributed by atoms with Gasteiger partial charge in [0.2, 0.25) is 0 Å². The lowest BCUT2D eigenvalue weighted by molar-refractivity contribution is 0.0527. The van der Waals surface area contributed by atoms with Crippen molar-refractivity contribution < 1.29 is 9.53 Å². The Morgan fingerprint density at radius 3 is 2.38 bits per heavy atom. The summed E-state index contributed by atoms with van der Waals surface area (Å²) in [5.41, 5.74) is 4.07. The van der Waals surface area contributed by atoms with Crippen molar-refractivity contribution in [2.75, 3.05) is 20.1 Å². The van der Waals surface area contributed by atoms with E-state index in [0.29, 0.717) is 25.6 Å². The van der Waals surface area contributed by atoms with Gasteiger partial charge in [0.05, 0.1) is 12.2 Å². The quantitative estimate of drug-likeness (QED) is 0.200. The number of ether oxygens (including phenoxy) is 1. The molecule has 1 aromatic carbocycles. The Kier molecular flexibility index (Phi) is 11.5. The molecule has 32 heavy (non-hydrogen) atoms. The van der Waals surface area contributed by atoms with Crippen LogP contribution in [0.1, 0.15) is 49.7 Å². The molecule has 2 aromatic rings. The van der Waals surface area contributed by atoms with Crippen molar-refractivity contribution in [3.8, 4) is 0 Å². The molecular weight excluding hydrogens is 519 g/mol. The largest absolute Gasteiger partial charge is 0.444 e. The lowest BCUT2D eigenvalue weighted by Crippen LogP contribution is -2.39. The highest BCUT2D eigenvalue weighted by Gasteiger charge is 2.15. The van der Waals surface area contributed by atoms with E-state index in [-0.39, 0.29) is 24.0 Å². The number of aliphatic imine (C=N–C) groups is 1. The number of aryl methyl sites for hydroxylation is 1. The predicted molar refractivity (Wildman–Crippen MR) is 140 cm³/mol. The summed E-state index contributed by atoms with van der Waals surface area (Å²) < 4.78 is 7.26. The minimum Gasteiger partial charge on any atom is -0.444 e. The van der Waals surface area contributed by atoms with Gasteiger partial charge < -0.3 is 20.7 Å². The van der Waals surface area contributed by atoms with E-state index < -0.39 is 11.7 Å². The average Bonchev–Trinajstić information content (AvgIpc) is 2.96. The Balaban J connectivity index is 0.00000512. The summed E-state index contributed by atoms with van der Waals surface area (Å²) >= 11 is 0. The zero-order valence-corrected chi connectivity index (χ0v) is 22.3. The number of hydrogen-bond donors (Lipinski definition) is 3. The lowest BCUT2D eigenvalue weighted by Gasteiger charge is -2.19. The monoisotopic (exact) mass is 556 g/mol. The number of nitrogens with zero attached hydrogens (tertiary/aromatic N) is 3. The van der Waals surface area contributed by atoms with Gasteiger partial charge in [0.25, 0.3) is 0 Å². The third-order valence-corrected chi connectivity index (χ3v) is 4.68. The van der Waals surface area contributed by atoms with E-state index in [1.54, 1.807) is 7.05 Å². The van der Waals surface area contributed by atoms with Crippen LogP contribution in [0.2, 0.25) is 0 Å². The van der Waals surface area contributed by atoms with E-state index in [2.05, 4.69) is 40.0 Å². The van der Waals surface area contributed by atoms with Crippen LogP contribution in [-0.2, 0) is 17.8 Å². The average molecular weight is 556 g/mol. The van der Waals surface area contributed by atoms with E-state index in [1.165, 1.54) is 11.1 Å². The summed E-state index contributed by atoms with van der Waals surface area (Å²) in [6.45, 7) is 12.3. The molecular formula is C23H37IN6O2. The molecule has 1 aromatic heterocycles. The number of guanidine groups is 1. The van der Waals surface area contributed by atoms with Crippen LogP contribution in [0.5, 0.6) is 0 Å². The first kappa shape index (κ1) is 27.7. The van der Waals surface area contributed by atoms with Gasteiger partial charge in [0, 0.05) is 37.9 Å². The van der Waals surface area contributed by atoms with Gasteiger partial charge in [-0.05, 0) is 46.6 Å². The smallest absolute Gasteiger partial charge is 0.407 e. The summed E-state index contributed by atoms with van der Waals surface area (Å²) in [7, 11) is 1.74. The fourth-order valence-corrected chi connectivity index (χ4v) is 3.09. The molecule has 0 spiro atoms. The molecule has 3 N–H and O–H groups in total. The van der Waals surface area contributed by atoms with Gasteiger partial charge in [-0.25, -0.2) is 4.79 Å². The maximum atomic E-state index is 11.7. The zero-order valence-electron chi connectivity index (χ0n) is 20.0. The van der Waals surface area contributed by atoms with Gasteiger partial charge in [-0.1, -0.05) is 30.3 Å². The fraction of sp³-hybridized carbons (Fsp3) is 0.522. The number of hydrogen-bond acceptors (Lipinski definition) is 4. The first-order chi connectivity index (χ1) is 14.7. The van der Waals surface area contributed by atoms with Crippen molar-refractivity contribution in [2.24, 2.45) is 4.99 Å². The Morgan fingerprint density at radius 2 is 1.75 bits per heavy atom. The molecule has 178 valence electrons. The highest BCUT2D eigenvalue weighted by molar-refractivity contribution is 14.0. The van der Waals surface area contributed by atoms with Crippen molar-refractivity contribution >= 4 is 36.0 Å². The number of amides is 1. The minimum absolute atomic E-state index is 0. The van der Waals surface area contributed by atoms with Gasteiger partial charge in [0.1, 0.15) is 5.60 Å². The maximum Gasteiger partial charge on any atom is 0.407 e. The topological polar surface area (TPSA) is 92.6 Å². The lowest BCUT2D eigenvalue weighted by atomic mass is 10.2. The molecule has 0 aliphatic carbocycles. The van der Waals surface area contributed by atoms with E-state index >= 15 is 0 Å². The van der Waals surface area contributed by atoms with Crippen LogP contribution in [-0.4, -0.2) is 47.6 Å². The number of carbonyl (C=O) groups is 1. The molecule has 9 heteroatoms. The second-order valence-electron chi connectivity index (χ2n) is 8.43. The number of carbonyl (C=O) groups excluding carboxylic acids is 1. The Bertz CT molecular complexity index is 875. The molecule has 0 bridgehead atoms. The first-order valence-electron chi connectivity index (χ1n) is 10.7. The van der Waals surface area contributed by atoms with Gasteiger partial charge in [-0.15, -0.1) is 24.0 Å². The van der Waals surface area contributed by atoms with Crippen LogP contribution >= 0.6 is 24.0 Å². The van der Waals surface area contributed by atoms with Crippen LogP contribution in [0.3, 0.4) is 0 Å². The highest BCUT2D eigenvalue weighted by atomic mass is 127. The van der Waals surface area contributed by atoms with Gasteiger partial charge in [-0.2, -0.15) is 5.10 Å². The second kappa shape index (κ2) is 13.3. The van der Waals surface area contributed by atoms with Gasteiger partial charge >= 0.3 is 6.09 Å². The summed E-state index contributed by atoms with van der Waals surface area (Å²) in [4.78, 5) is 15.9. The van der Waals surface area contributed by atoms with E-state index in [1.807, 2.05) is 50.6 Å². The Morgan fingerprint density at radius 1 is 1.09 bits per heavy atom. The molecule has 1 heterocycles. The molecule has 0 aliphatic rings. The molecule has 0 fully saturated rings. The third-order valence-electron chi connectivity index (χ3n) is 4.68. The molecule has 8 nitrogen and oxygen atoms in total.